The molecule has 0 radical (unpaired) electrons. The third kappa shape index (κ3) is 2.69. The predicted molar refractivity (Wildman–Crippen MR) is 82.9 cm³/mol. The maximum Gasteiger partial charge on any atom is 0.152 e. The number of rotatable bonds is 3. The van der Waals surface area contributed by atoms with Crippen molar-refractivity contribution < 1.29 is 0 Å². The Kier molecular flexibility index (Phi) is 3.62. The number of nitrogens with zero attached hydrogens (tertiary/aromatic N) is 1. The zero-order chi connectivity index (χ0) is 13.2. The lowest BCUT2D eigenvalue weighted by Gasteiger charge is -2.12. The van der Waals surface area contributed by atoms with E-state index in [0.717, 1.165) is 29.7 Å². The molecule has 2 aromatic rings. The second kappa shape index (κ2) is 5.39. The fraction of sp³-hybridized carbons (Fsp3) is 0.214. The van der Waals surface area contributed by atoms with Crippen molar-refractivity contribution in [1.82, 2.24) is 4.98 Å². The molecule has 1 aliphatic heterocycles. The fourth-order valence-electron chi connectivity index (χ4n) is 2.30. The van der Waals surface area contributed by atoms with Crippen molar-refractivity contribution in [3.63, 3.8) is 0 Å². The molecule has 1 aliphatic rings. The number of benzene rings is 1. The molecule has 0 bridgehead atoms. The summed E-state index contributed by atoms with van der Waals surface area (Å²) in [5.41, 5.74) is 4.74. The Labute approximate surface area is 125 Å². The van der Waals surface area contributed by atoms with Gasteiger partial charge >= 0.3 is 0 Å². The lowest BCUT2D eigenvalue weighted by atomic mass is 10.1. The van der Waals surface area contributed by atoms with Crippen LogP contribution in [0, 0.1) is 0 Å². The van der Waals surface area contributed by atoms with Gasteiger partial charge in [0.15, 0.2) is 5.15 Å². The first-order chi connectivity index (χ1) is 9.24. The van der Waals surface area contributed by atoms with Gasteiger partial charge in [-0.25, -0.2) is 4.98 Å². The molecular weight excluding hydrogens is 326 g/mol. The molecular formula is C14H13BrClN3. The number of halogens is 2. The van der Waals surface area contributed by atoms with Crippen molar-refractivity contribution in [3.05, 3.63) is 51.2 Å². The third-order valence-corrected chi connectivity index (χ3v) is 3.94. The van der Waals surface area contributed by atoms with Crippen molar-refractivity contribution in [1.29, 1.82) is 0 Å². The van der Waals surface area contributed by atoms with Gasteiger partial charge in [0.05, 0.1) is 5.69 Å². The monoisotopic (exact) mass is 337 g/mol. The Morgan fingerprint density at radius 3 is 3.21 bits per heavy atom. The van der Waals surface area contributed by atoms with Crippen molar-refractivity contribution in [2.75, 3.05) is 17.2 Å². The maximum atomic E-state index is 6.07. The molecule has 0 amide bonds. The van der Waals surface area contributed by atoms with Crippen LogP contribution in [-0.2, 0) is 13.0 Å². The molecule has 5 heteroatoms. The molecule has 0 fully saturated rings. The number of hydrogen-bond donors (Lipinski definition) is 2. The summed E-state index contributed by atoms with van der Waals surface area (Å²) in [5, 5.41) is 7.26. The molecule has 0 atom stereocenters. The molecule has 2 N–H and O–H groups in total. The van der Waals surface area contributed by atoms with Crippen LogP contribution in [0.1, 0.15) is 11.1 Å². The highest BCUT2D eigenvalue weighted by Gasteiger charge is 2.13. The Balaban J connectivity index is 1.80. The molecule has 98 valence electrons. The topological polar surface area (TPSA) is 37.0 Å². The van der Waals surface area contributed by atoms with Crippen LogP contribution in [0.25, 0.3) is 0 Å². The standard InChI is InChI=1S/C14H13BrClN3/c15-11-6-12(14(16)19-8-11)18-7-10-3-1-2-9-4-5-17-13(9)10/h1-3,6,8,17-18H,4-5,7H2. The van der Waals surface area contributed by atoms with E-state index in [1.165, 1.54) is 16.8 Å². The SMILES string of the molecule is Clc1ncc(Br)cc1NCc1cccc2c1NCC2. The van der Waals surface area contributed by atoms with E-state index in [1.807, 2.05) is 6.07 Å². The lowest BCUT2D eigenvalue weighted by Crippen LogP contribution is -2.04. The van der Waals surface area contributed by atoms with Crippen LogP contribution in [0.4, 0.5) is 11.4 Å². The number of anilines is 2. The lowest BCUT2D eigenvalue weighted by molar-refractivity contribution is 1.11. The predicted octanol–water partition coefficient (Wildman–Crippen LogP) is 4.08. The van der Waals surface area contributed by atoms with Crippen LogP contribution >= 0.6 is 27.5 Å². The van der Waals surface area contributed by atoms with E-state index in [2.05, 4.69) is 49.7 Å². The van der Waals surface area contributed by atoms with Gasteiger partial charge in [0.1, 0.15) is 0 Å². The van der Waals surface area contributed by atoms with Gasteiger partial charge in [0.25, 0.3) is 0 Å². The molecule has 0 saturated carbocycles. The zero-order valence-corrected chi connectivity index (χ0v) is 12.6. The van der Waals surface area contributed by atoms with E-state index in [-0.39, 0.29) is 0 Å². The van der Waals surface area contributed by atoms with Gasteiger partial charge in [-0.15, -0.1) is 0 Å². The first kappa shape index (κ1) is 12.8. The summed E-state index contributed by atoms with van der Waals surface area (Å²) >= 11 is 9.47. The Hall–Kier alpha value is -1.26. The Morgan fingerprint density at radius 2 is 2.32 bits per heavy atom. The van der Waals surface area contributed by atoms with Crippen molar-refractivity contribution in [2.45, 2.75) is 13.0 Å². The molecule has 1 aromatic carbocycles. The quantitative estimate of drug-likeness (QED) is 0.828. The summed E-state index contributed by atoms with van der Waals surface area (Å²) in [6.07, 6.45) is 2.79. The molecule has 3 nitrogen and oxygen atoms in total. The van der Waals surface area contributed by atoms with Crippen LogP contribution in [0.15, 0.2) is 34.9 Å². The molecule has 0 spiro atoms. The number of pyridine rings is 1. The molecule has 0 unspecified atom stereocenters. The fourth-order valence-corrected chi connectivity index (χ4v) is 2.80. The zero-order valence-electron chi connectivity index (χ0n) is 10.2. The normalized spacial score (nSPS) is 12.9. The number of fused-ring (bicyclic) bond motifs is 1. The van der Waals surface area contributed by atoms with E-state index in [1.54, 1.807) is 6.20 Å². The first-order valence-corrected chi connectivity index (χ1v) is 7.30. The number of nitrogens with one attached hydrogen (secondary N) is 2. The second-order valence-electron chi connectivity index (χ2n) is 4.47. The van der Waals surface area contributed by atoms with Gasteiger partial charge in [-0.3, -0.25) is 0 Å². The smallest absolute Gasteiger partial charge is 0.152 e. The molecule has 19 heavy (non-hydrogen) atoms. The minimum atomic E-state index is 0.490. The highest BCUT2D eigenvalue weighted by Crippen LogP contribution is 2.28. The molecule has 2 heterocycles. The summed E-state index contributed by atoms with van der Waals surface area (Å²) in [6.45, 7) is 1.75. The molecule has 0 saturated heterocycles. The van der Waals surface area contributed by atoms with Crippen molar-refractivity contribution in [3.8, 4) is 0 Å². The van der Waals surface area contributed by atoms with E-state index in [0.29, 0.717) is 5.15 Å². The number of aromatic nitrogens is 1. The minimum absolute atomic E-state index is 0.490. The van der Waals surface area contributed by atoms with Gasteiger partial charge in [0, 0.05) is 29.4 Å². The van der Waals surface area contributed by atoms with Crippen LogP contribution in [-0.4, -0.2) is 11.5 Å². The van der Waals surface area contributed by atoms with Crippen molar-refractivity contribution in [2.24, 2.45) is 0 Å². The second-order valence-corrected chi connectivity index (χ2v) is 5.75. The average molecular weight is 339 g/mol. The highest BCUT2D eigenvalue weighted by atomic mass is 79.9. The van der Waals surface area contributed by atoms with Crippen LogP contribution in [0.2, 0.25) is 5.15 Å². The van der Waals surface area contributed by atoms with Crippen LogP contribution < -0.4 is 10.6 Å². The summed E-state index contributed by atoms with van der Waals surface area (Å²) in [7, 11) is 0. The van der Waals surface area contributed by atoms with Gasteiger partial charge in [-0.2, -0.15) is 0 Å². The minimum Gasteiger partial charge on any atom is -0.384 e. The van der Waals surface area contributed by atoms with E-state index in [9.17, 15) is 0 Å². The van der Waals surface area contributed by atoms with Crippen LogP contribution in [0.3, 0.4) is 0 Å². The number of para-hydroxylation sites is 1. The van der Waals surface area contributed by atoms with Crippen molar-refractivity contribution >= 4 is 38.9 Å². The van der Waals surface area contributed by atoms with E-state index >= 15 is 0 Å². The van der Waals surface area contributed by atoms with Gasteiger partial charge < -0.3 is 10.6 Å². The van der Waals surface area contributed by atoms with E-state index < -0.39 is 0 Å². The summed E-state index contributed by atoms with van der Waals surface area (Å²) in [5.74, 6) is 0. The molecule has 0 aliphatic carbocycles. The van der Waals surface area contributed by atoms with Gasteiger partial charge in [-0.05, 0) is 39.5 Å². The first-order valence-electron chi connectivity index (χ1n) is 6.13. The average Bonchev–Trinajstić information content (AvgIpc) is 2.88. The Morgan fingerprint density at radius 1 is 1.42 bits per heavy atom. The summed E-state index contributed by atoms with van der Waals surface area (Å²) in [4.78, 5) is 4.10. The maximum absolute atomic E-state index is 6.07. The molecule has 1 aromatic heterocycles. The van der Waals surface area contributed by atoms with E-state index in [4.69, 9.17) is 11.6 Å². The third-order valence-electron chi connectivity index (χ3n) is 3.21. The highest BCUT2D eigenvalue weighted by molar-refractivity contribution is 9.10. The van der Waals surface area contributed by atoms with Gasteiger partial charge in [-0.1, -0.05) is 29.8 Å². The summed E-state index contributed by atoms with van der Waals surface area (Å²) < 4.78 is 0.913. The summed E-state index contributed by atoms with van der Waals surface area (Å²) in [6, 6.07) is 8.34. The van der Waals surface area contributed by atoms with Gasteiger partial charge in [0.2, 0.25) is 0 Å². The van der Waals surface area contributed by atoms with Crippen LogP contribution in [0.5, 0.6) is 0 Å². The largest absolute Gasteiger partial charge is 0.384 e. The molecule has 3 rings (SSSR count). The Bertz CT molecular complexity index is 616. The number of hydrogen-bond acceptors (Lipinski definition) is 3.